The zero-order valence-electron chi connectivity index (χ0n) is 14.4. The monoisotopic (exact) mass is 334 g/mol. The van der Waals surface area contributed by atoms with Crippen molar-refractivity contribution in [2.75, 3.05) is 0 Å². The largest absolute Gasteiger partial charge is 0.488 e. The van der Waals surface area contributed by atoms with Gasteiger partial charge in [-0.25, -0.2) is 0 Å². The second-order valence-corrected chi connectivity index (χ2v) is 6.54. The van der Waals surface area contributed by atoms with E-state index in [1.165, 1.54) is 32.0 Å². The maximum atomic E-state index is 6.18. The van der Waals surface area contributed by atoms with Crippen molar-refractivity contribution in [2.45, 2.75) is 6.61 Å². The minimum atomic E-state index is 0.573. The summed E-state index contributed by atoms with van der Waals surface area (Å²) in [5, 5.41) is 5.33. The quantitative estimate of drug-likeness (QED) is 0.402. The van der Waals surface area contributed by atoms with Gasteiger partial charge in [0.05, 0.1) is 0 Å². The number of ether oxygens (including phenoxy) is 1. The number of hydrogen-bond acceptors (Lipinski definition) is 1. The molecule has 26 heavy (non-hydrogen) atoms. The summed E-state index contributed by atoms with van der Waals surface area (Å²) < 4.78 is 6.18. The lowest BCUT2D eigenvalue weighted by molar-refractivity contribution is 0.307. The highest BCUT2D eigenvalue weighted by atomic mass is 16.5. The van der Waals surface area contributed by atoms with Gasteiger partial charge in [0.2, 0.25) is 0 Å². The molecule has 0 amide bonds. The molecule has 4 aromatic carbocycles. The molecule has 124 valence electrons. The Morgan fingerprint density at radius 1 is 0.500 bits per heavy atom. The highest BCUT2D eigenvalue weighted by molar-refractivity contribution is 5.72. The van der Waals surface area contributed by atoms with Crippen LogP contribution < -0.4 is 4.74 Å². The molecular weight excluding hydrogens is 316 g/mol. The number of hydrogen-bond donors (Lipinski definition) is 0. The molecule has 0 aliphatic heterocycles. The van der Waals surface area contributed by atoms with E-state index in [2.05, 4.69) is 72.8 Å². The summed E-state index contributed by atoms with van der Waals surface area (Å²) in [6, 6.07) is 33.8. The van der Waals surface area contributed by atoms with E-state index in [9.17, 15) is 0 Å². The first kappa shape index (κ1) is 15.0. The fourth-order valence-corrected chi connectivity index (χ4v) is 3.72. The molecule has 0 radical (unpaired) electrons. The van der Waals surface area contributed by atoms with E-state index in [1.54, 1.807) is 0 Å². The topological polar surface area (TPSA) is 9.23 Å². The lowest BCUT2D eigenvalue weighted by Crippen LogP contribution is -1.99. The summed E-state index contributed by atoms with van der Waals surface area (Å²) in [5.41, 5.74) is 3.56. The summed E-state index contributed by atoms with van der Waals surface area (Å²) in [5.74, 6) is 0.925. The smallest absolute Gasteiger partial charge is 0.127 e. The van der Waals surface area contributed by atoms with E-state index in [4.69, 9.17) is 4.74 Å². The molecule has 0 N–H and O–H groups in total. The molecule has 4 aromatic rings. The number of rotatable bonds is 4. The van der Waals surface area contributed by atoms with Crippen LogP contribution in [-0.2, 0) is 6.61 Å². The minimum Gasteiger partial charge on any atom is -0.488 e. The number of para-hydroxylation sites is 1. The second kappa shape index (κ2) is 6.20. The third-order valence-corrected chi connectivity index (χ3v) is 4.97. The predicted octanol–water partition coefficient (Wildman–Crippen LogP) is 5.82. The first-order chi connectivity index (χ1) is 12.9. The van der Waals surface area contributed by atoms with Crippen LogP contribution in [0.3, 0.4) is 0 Å². The molecule has 1 aliphatic carbocycles. The fraction of sp³-hybridized carbons (Fsp3) is 0.0400. The summed E-state index contributed by atoms with van der Waals surface area (Å²) >= 11 is 0. The van der Waals surface area contributed by atoms with Gasteiger partial charge in [-0.3, -0.25) is 0 Å². The van der Waals surface area contributed by atoms with Gasteiger partial charge in [-0.05, 0) is 38.1 Å². The lowest BCUT2D eigenvalue weighted by Gasteiger charge is -2.15. The Kier molecular flexibility index (Phi) is 3.57. The first-order valence-corrected chi connectivity index (χ1v) is 8.91. The Bertz CT molecular complexity index is 1270. The highest BCUT2D eigenvalue weighted by Gasteiger charge is 2.12. The molecule has 1 aliphatic rings. The standard InChI is InChI=1S/C25H18O/c1-2-9-18(10-3-1)17-26-24-16-7-6-12-20(24)23-15-8-14-22-19-11-4-5-13-21(19)25(22)23/h1-16H,17H2. The Morgan fingerprint density at radius 3 is 2.04 bits per heavy atom. The molecule has 0 unspecified atom stereocenters. The normalized spacial score (nSPS) is 11.2. The molecule has 5 rings (SSSR count). The van der Waals surface area contributed by atoms with Gasteiger partial charge in [-0.15, -0.1) is 0 Å². The minimum absolute atomic E-state index is 0.573. The van der Waals surface area contributed by atoms with Gasteiger partial charge in [0.25, 0.3) is 0 Å². The average molecular weight is 334 g/mol. The van der Waals surface area contributed by atoms with Crippen LogP contribution in [0.4, 0.5) is 0 Å². The van der Waals surface area contributed by atoms with Gasteiger partial charge < -0.3 is 4.74 Å². The molecule has 0 aromatic heterocycles. The molecular formula is C25H18O. The Balaban J connectivity index is 1.61. The second-order valence-electron chi connectivity index (χ2n) is 6.54. The number of fused-ring (bicyclic) bond motifs is 2. The van der Waals surface area contributed by atoms with Crippen LogP contribution in [0, 0.1) is 20.9 Å². The predicted molar refractivity (Wildman–Crippen MR) is 104 cm³/mol. The molecule has 0 bridgehead atoms. The molecule has 1 nitrogen and oxygen atoms in total. The Morgan fingerprint density at radius 2 is 1.15 bits per heavy atom. The van der Waals surface area contributed by atoms with Crippen LogP contribution in [-0.4, -0.2) is 0 Å². The third kappa shape index (κ3) is 2.41. The van der Waals surface area contributed by atoms with Gasteiger partial charge >= 0.3 is 0 Å². The SMILES string of the molecule is c1ccc(COc2ccccc2-c2cccc3c2=c2ccccc2=3)cc1. The van der Waals surface area contributed by atoms with Crippen molar-refractivity contribution < 1.29 is 4.74 Å². The van der Waals surface area contributed by atoms with E-state index in [0.717, 1.165) is 11.3 Å². The maximum Gasteiger partial charge on any atom is 0.127 e. The van der Waals surface area contributed by atoms with Crippen molar-refractivity contribution >= 4 is 0 Å². The van der Waals surface area contributed by atoms with Crippen LogP contribution in [0.25, 0.3) is 11.1 Å². The van der Waals surface area contributed by atoms with E-state index in [-0.39, 0.29) is 0 Å². The summed E-state index contributed by atoms with van der Waals surface area (Å²) in [6.45, 7) is 0.573. The van der Waals surface area contributed by atoms with Gasteiger partial charge in [-0.1, -0.05) is 91.0 Å². The van der Waals surface area contributed by atoms with Crippen LogP contribution in [0.15, 0.2) is 97.1 Å². The van der Waals surface area contributed by atoms with Crippen LogP contribution in [0.5, 0.6) is 5.75 Å². The molecule has 0 heterocycles. The molecule has 0 fully saturated rings. The van der Waals surface area contributed by atoms with E-state index >= 15 is 0 Å². The molecule has 0 saturated carbocycles. The molecule has 0 spiro atoms. The summed E-state index contributed by atoms with van der Waals surface area (Å²) in [7, 11) is 0. The van der Waals surface area contributed by atoms with E-state index < -0.39 is 0 Å². The Labute approximate surface area is 152 Å². The number of benzene rings is 4. The maximum absolute atomic E-state index is 6.18. The van der Waals surface area contributed by atoms with Gasteiger partial charge in [0.1, 0.15) is 12.4 Å². The summed E-state index contributed by atoms with van der Waals surface area (Å²) in [4.78, 5) is 0. The molecule has 0 atom stereocenters. The van der Waals surface area contributed by atoms with Crippen molar-refractivity contribution in [3.05, 3.63) is 123 Å². The van der Waals surface area contributed by atoms with E-state index in [1.807, 2.05) is 24.3 Å². The third-order valence-electron chi connectivity index (χ3n) is 4.97. The van der Waals surface area contributed by atoms with Crippen molar-refractivity contribution in [3.63, 3.8) is 0 Å². The fourth-order valence-electron chi connectivity index (χ4n) is 3.72. The highest BCUT2D eigenvalue weighted by Crippen LogP contribution is 2.33. The summed E-state index contributed by atoms with van der Waals surface area (Å²) in [6.07, 6.45) is 0. The Hall–Kier alpha value is -3.32. The molecule has 1 heteroatoms. The van der Waals surface area contributed by atoms with Gasteiger partial charge in [0, 0.05) is 5.56 Å². The molecule has 0 saturated heterocycles. The van der Waals surface area contributed by atoms with Crippen molar-refractivity contribution in [1.29, 1.82) is 0 Å². The van der Waals surface area contributed by atoms with Gasteiger partial charge in [0.15, 0.2) is 0 Å². The van der Waals surface area contributed by atoms with Crippen LogP contribution in [0.2, 0.25) is 0 Å². The van der Waals surface area contributed by atoms with Crippen molar-refractivity contribution in [3.8, 4) is 16.9 Å². The van der Waals surface area contributed by atoms with Gasteiger partial charge in [-0.2, -0.15) is 0 Å². The lowest BCUT2D eigenvalue weighted by atomic mass is 9.93. The van der Waals surface area contributed by atoms with Crippen LogP contribution in [0.1, 0.15) is 5.56 Å². The zero-order chi connectivity index (χ0) is 17.3. The van der Waals surface area contributed by atoms with Crippen molar-refractivity contribution in [1.82, 2.24) is 0 Å². The zero-order valence-corrected chi connectivity index (χ0v) is 14.4. The van der Waals surface area contributed by atoms with Crippen molar-refractivity contribution in [2.24, 2.45) is 0 Å². The first-order valence-electron chi connectivity index (χ1n) is 8.91. The average Bonchev–Trinajstić information content (AvgIpc) is 2.71. The van der Waals surface area contributed by atoms with Crippen LogP contribution >= 0.6 is 0 Å². The van der Waals surface area contributed by atoms with E-state index in [0.29, 0.717) is 6.61 Å².